The predicted octanol–water partition coefficient (Wildman–Crippen LogP) is 2.55. The van der Waals surface area contributed by atoms with Crippen molar-refractivity contribution in [2.75, 3.05) is 13.1 Å². The molecule has 3 heterocycles. The summed E-state index contributed by atoms with van der Waals surface area (Å²) in [5, 5.41) is 17.5. The van der Waals surface area contributed by atoms with E-state index in [0.29, 0.717) is 18.7 Å². The highest BCUT2D eigenvalue weighted by Gasteiger charge is 2.25. The minimum atomic E-state index is -0.979. The van der Waals surface area contributed by atoms with Crippen molar-refractivity contribution in [3.8, 4) is 5.69 Å². The van der Waals surface area contributed by atoms with Crippen LogP contribution in [-0.4, -0.2) is 54.5 Å². The average molecular weight is 379 g/mol. The number of aromatic nitrogens is 4. The van der Waals surface area contributed by atoms with Crippen molar-refractivity contribution in [3.05, 3.63) is 65.7 Å². The Morgan fingerprint density at radius 1 is 1.07 bits per heavy atom. The monoisotopic (exact) mass is 379 g/mol. The van der Waals surface area contributed by atoms with E-state index < -0.39 is 5.97 Å². The number of carbonyl (C=O) groups excluding carboxylic acids is 1. The van der Waals surface area contributed by atoms with Crippen LogP contribution in [0.5, 0.6) is 0 Å². The van der Waals surface area contributed by atoms with Crippen LogP contribution in [0.3, 0.4) is 0 Å². The summed E-state index contributed by atoms with van der Waals surface area (Å²) in [5.74, 6) is -0.971. The summed E-state index contributed by atoms with van der Waals surface area (Å²) in [5.41, 5.74) is 2.69. The fraction of sp³-hybridized carbons (Fsp3) is 0.300. The van der Waals surface area contributed by atoms with Crippen molar-refractivity contribution < 1.29 is 14.7 Å². The first kappa shape index (κ1) is 18.0. The quantitative estimate of drug-likeness (QED) is 0.752. The van der Waals surface area contributed by atoms with Crippen LogP contribution in [-0.2, 0) is 0 Å². The number of amides is 1. The van der Waals surface area contributed by atoms with Gasteiger partial charge in [-0.1, -0.05) is 0 Å². The number of aryl methyl sites for hydroxylation is 1. The molecule has 1 N–H and O–H groups in total. The highest BCUT2D eigenvalue weighted by atomic mass is 16.4. The summed E-state index contributed by atoms with van der Waals surface area (Å²) in [6.07, 6.45) is 6.30. The van der Waals surface area contributed by atoms with Gasteiger partial charge >= 0.3 is 5.97 Å². The number of nitrogens with zero attached hydrogens (tertiary/aromatic N) is 5. The van der Waals surface area contributed by atoms with Crippen LogP contribution in [0.25, 0.3) is 5.69 Å². The number of hydrogen-bond acceptors (Lipinski definition) is 4. The molecule has 3 aromatic rings. The van der Waals surface area contributed by atoms with Crippen molar-refractivity contribution in [3.63, 3.8) is 0 Å². The Kier molecular flexibility index (Phi) is 4.68. The molecular weight excluding hydrogens is 358 g/mol. The predicted molar refractivity (Wildman–Crippen MR) is 102 cm³/mol. The molecule has 1 aliphatic rings. The second-order valence-corrected chi connectivity index (χ2v) is 6.99. The first-order chi connectivity index (χ1) is 13.5. The van der Waals surface area contributed by atoms with Crippen molar-refractivity contribution in [2.45, 2.75) is 25.8 Å². The lowest BCUT2D eigenvalue weighted by Gasteiger charge is -2.32. The second-order valence-electron chi connectivity index (χ2n) is 6.99. The number of rotatable bonds is 4. The molecule has 0 aliphatic carbocycles. The second kappa shape index (κ2) is 7.30. The van der Waals surface area contributed by atoms with Gasteiger partial charge in [0.15, 0.2) is 0 Å². The smallest absolute Gasteiger partial charge is 0.338 e. The van der Waals surface area contributed by atoms with Gasteiger partial charge < -0.3 is 10.0 Å². The van der Waals surface area contributed by atoms with Crippen LogP contribution in [0, 0.1) is 6.92 Å². The normalized spacial score (nSPS) is 15.0. The maximum absolute atomic E-state index is 12.8. The molecule has 2 aromatic heterocycles. The summed E-state index contributed by atoms with van der Waals surface area (Å²) in [6, 6.07) is 9.48. The van der Waals surface area contributed by atoms with E-state index in [9.17, 15) is 9.59 Å². The number of benzene rings is 1. The lowest BCUT2D eigenvalue weighted by molar-refractivity contribution is 0.0688. The zero-order valence-corrected chi connectivity index (χ0v) is 15.5. The maximum Gasteiger partial charge on any atom is 0.338 e. The molecule has 4 rings (SSSR count). The van der Waals surface area contributed by atoms with Gasteiger partial charge in [-0.25, -0.2) is 9.48 Å². The lowest BCUT2D eigenvalue weighted by atomic mass is 10.0. The van der Waals surface area contributed by atoms with Crippen molar-refractivity contribution >= 4 is 11.9 Å². The minimum Gasteiger partial charge on any atom is -0.478 e. The van der Waals surface area contributed by atoms with Crippen molar-refractivity contribution in [2.24, 2.45) is 0 Å². The van der Waals surface area contributed by atoms with Crippen molar-refractivity contribution in [1.29, 1.82) is 0 Å². The molecular formula is C20H21N5O3. The number of carboxylic acid groups (broad SMARTS) is 1. The topological polar surface area (TPSA) is 93.2 Å². The SMILES string of the molecule is Cc1ccn(-c2ccc(C(=O)N3CCC(n4cc(C(=O)O)cn4)CC3)cc2)n1. The molecule has 0 spiro atoms. The molecule has 8 heteroatoms. The molecule has 1 saturated heterocycles. The van der Waals surface area contributed by atoms with Crippen molar-refractivity contribution in [1.82, 2.24) is 24.5 Å². The number of likely N-dealkylation sites (tertiary alicyclic amines) is 1. The molecule has 144 valence electrons. The fourth-order valence-corrected chi connectivity index (χ4v) is 3.48. The molecule has 0 saturated carbocycles. The summed E-state index contributed by atoms with van der Waals surface area (Å²) >= 11 is 0. The van der Waals surface area contributed by atoms with Gasteiger partial charge in [0.1, 0.15) is 0 Å². The molecule has 0 unspecified atom stereocenters. The van der Waals surface area contributed by atoms with E-state index in [1.807, 2.05) is 48.4 Å². The first-order valence-corrected chi connectivity index (χ1v) is 9.21. The molecule has 28 heavy (non-hydrogen) atoms. The van der Waals surface area contributed by atoms with E-state index in [0.717, 1.165) is 24.2 Å². The third-order valence-electron chi connectivity index (χ3n) is 5.08. The highest BCUT2D eigenvalue weighted by molar-refractivity contribution is 5.94. The van der Waals surface area contributed by atoms with E-state index in [4.69, 9.17) is 5.11 Å². The Hall–Kier alpha value is -3.42. The summed E-state index contributed by atoms with van der Waals surface area (Å²) in [4.78, 5) is 25.6. The van der Waals surface area contributed by atoms with Crippen LogP contribution < -0.4 is 0 Å². The van der Waals surface area contributed by atoms with Crippen LogP contribution in [0.1, 0.15) is 45.3 Å². The Bertz CT molecular complexity index is 997. The number of piperidine rings is 1. The van der Waals surface area contributed by atoms with E-state index in [1.165, 1.54) is 6.20 Å². The average Bonchev–Trinajstić information content (AvgIpc) is 3.37. The molecule has 8 nitrogen and oxygen atoms in total. The Morgan fingerprint density at radius 2 is 1.79 bits per heavy atom. The van der Waals surface area contributed by atoms with Crippen LogP contribution in [0.4, 0.5) is 0 Å². The van der Waals surface area contributed by atoms with Gasteiger partial charge in [0.25, 0.3) is 5.91 Å². The van der Waals surface area contributed by atoms with Crippen LogP contribution >= 0.6 is 0 Å². The number of aromatic carboxylic acids is 1. The Labute approximate surface area is 162 Å². The molecule has 1 amide bonds. The maximum atomic E-state index is 12.8. The molecule has 1 aliphatic heterocycles. The van der Waals surface area contributed by atoms with Gasteiger partial charge in [0, 0.05) is 31.0 Å². The highest BCUT2D eigenvalue weighted by Crippen LogP contribution is 2.23. The summed E-state index contributed by atoms with van der Waals surface area (Å²) in [7, 11) is 0. The van der Waals surface area contributed by atoms with Gasteiger partial charge in [-0.2, -0.15) is 10.2 Å². The zero-order chi connectivity index (χ0) is 19.7. The van der Waals surface area contributed by atoms with E-state index in [-0.39, 0.29) is 17.5 Å². The largest absolute Gasteiger partial charge is 0.478 e. The first-order valence-electron chi connectivity index (χ1n) is 9.21. The molecule has 1 aromatic carbocycles. The lowest BCUT2D eigenvalue weighted by Crippen LogP contribution is -2.39. The standard InChI is InChI=1S/C20H21N5O3/c1-14-6-11-24(22-14)17-4-2-15(3-5-17)19(26)23-9-7-18(8-10-23)25-13-16(12-21-25)20(27)28/h2-6,11-13,18H,7-10H2,1H3,(H,27,28). The van der Waals surface area contributed by atoms with E-state index in [1.54, 1.807) is 15.6 Å². The van der Waals surface area contributed by atoms with Gasteiger partial charge in [0.05, 0.1) is 29.2 Å². The van der Waals surface area contributed by atoms with Crippen LogP contribution in [0.15, 0.2) is 48.9 Å². The zero-order valence-electron chi connectivity index (χ0n) is 15.5. The summed E-state index contributed by atoms with van der Waals surface area (Å²) in [6.45, 7) is 3.17. The molecule has 0 bridgehead atoms. The fourth-order valence-electron chi connectivity index (χ4n) is 3.48. The van der Waals surface area contributed by atoms with Crippen LogP contribution in [0.2, 0.25) is 0 Å². The molecule has 0 atom stereocenters. The van der Waals surface area contributed by atoms with Gasteiger partial charge in [-0.05, 0) is 50.1 Å². The minimum absolute atomic E-state index is 0.00772. The van der Waals surface area contributed by atoms with E-state index >= 15 is 0 Å². The van der Waals surface area contributed by atoms with E-state index in [2.05, 4.69) is 10.2 Å². The molecule has 1 fully saturated rings. The number of hydrogen-bond donors (Lipinski definition) is 1. The van der Waals surface area contributed by atoms with Gasteiger partial charge in [-0.3, -0.25) is 9.48 Å². The van der Waals surface area contributed by atoms with Gasteiger partial charge in [0.2, 0.25) is 0 Å². The third-order valence-corrected chi connectivity index (χ3v) is 5.08. The number of carbonyl (C=O) groups is 2. The third kappa shape index (κ3) is 3.53. The summed E-state index contributed by atoms with van der Waals surface area (Å²) < 4.78 is 3.48. The Morgan fingerprint density at radius 3 is 2.36 bits per heavy atom. The van der Waals surface area contributed by atoms with Gasteiger partial charge in [-0.15, -0.1) is 0 Å². The Balaban J connectivity index is 1.39. The molecule has 0 radical (unpaired) electrons. The number of carboxylic acids is 1.